The summed E-state index contributed by atoms with van der Waals surface area (Å²) in [5.74, 6) is 0.737. The lowest BCUT2D eigenvalue weighted by Gasteiger charge is -2.26. The first-order valence-electron chi connectivity index (χ1n) is 11.2. The number of aromatic nitrogens is 4. The highest BCUT2D eigenvalue weighted by Crippen LogP contribution is 2.32. The minimum absolute atomic E-state index is 0.226. The molecule has 0 saturated carbocycles. The van der Waals surface area contributed by atoms with Gasteiger partial charge in [0.25, 0.3) is 5.56 Å². The summed E-state index contributed by atoms with van der Waals surface area (Å²) in [7, 11) is 1.71. The zero-order chi connectivity index (χ0) is 21.7. The molecule has 1 aromatic carbocycles. The predicted octanol–water partition coefficient (Wildman–Crippen LogP) is 2.15. The lowest BCUT2D eigenvalue weighted by molar-refractivity contribution is 0.218. The smallest absolute Gasteiger partial charge is 0.310 e. The van der Waals surface area contributed by atoms with Gasteiger partial charge in [-0.25, -0.2) is 4.79 Å². The van der Waals surface area contributed by atoms with Crippen molar-refractivity contribution in [1.82, 2.24) is 23.6 Å². The van der Waals surface area contributed by atoms with Crippen molar-refractivity contribution in [1.29, 1.82) is 0 Å². The van der Waals surface area contributed by atoms with E-state index in [9.17, 15) is 9.59 Å². The highest BCUT2D eigenvalue weighted by molar-refractivity contribution is 5.78. The van der Waals surface area contributed by atoms with E-state index in [0.29, 0.717) is 24.3 Å². The summed E-state index contributed by atoms with van der Waals surface area (Å²) in [6, 6.07) is 6.42. The van der Waals surface area contributed by atoms with Gasteiger partial charge < -0.3 is 14.4 Å². The van der Waals surface area contributed by atoms with Crippen LogP contribution in [0.1, 0.15) is 30.4 Å². The molecule has 5 rings (SSSR count). The van der Waals surface area contributed by atoms with E-state index >= 15 is 0 Å². The maximum atomic E-state index is 13.4. The van der Waals surface area contributed by atoms with Gasteiger partial charge in [0, 0.05) is 38.9 Å². The van der Waals surface area contributed by atoms with Gasteiger partial charge in [-0.2, -0.15) is 4.98 Å². The first kappa shape index (κ1) is 20.1. The summed E-state index contributed by atoms with van der Waals surface area (Å²) in [4.78, 5) is 35.6. The number of aryl methyl sites for hydroxylation is 3. The molecule has 31 heavy (non-hydrogen) atoms. The van der Waals surface area contributed by atoms with Gasteiger partial charge in [0.15, 0.2) is 11.2 Å². The number of rotatable bonds is 4. The van der Waals surface area contributed by atoms with Crippen LogP contribution in [0.25, 0.3) is 11.2 Å². The number of piperidine rings is 1. The van der Waals surface area contributed by atoms with Crippen molar-refractivity contribution in [3.05, 3.63) is 50.2 Å². The minimum atomic E-state index is -0.288. The molecule has 0 atom stereocenters. The summed E-state index contributed by atoms with van der Waals surface area (Å²) in [5, 5.41) is 0. The SMILES string of the molecule is Cc1cc(C)cc(N2CCn3c2nc2c3c(=O)n(CCN3CCCCC3)c(=O)n2C)c1. The molecule has 8 heteroatoms. The molecule has 0 N–H and O–H groups in total. The summed E-state index contributed by atoms with van der Waals surface area (Å²) < 4.78 is 4.90. The van der Waals surface area contributed by atoms with E-state index in [4.69, 9.17) is 4.98 Å². The normalized spacial score (nSPS) is 16.9. The number of imidazole rings is 1. The number of fused-ring (bicyclic) bond motifs is 3. The third-order valence-electron chi connectivity index (χ3n) is 6.61. The van der Waals surface area contributed by atoms with Gasteiger partial charge in [-0.15, -0.1) is 0 Å². The molecule has 0 amide bonds. The molecule has 2 aliphatic rings. The molecule has 0 aliphatic carbocycles. The number of anilines is 2. The zero-order valence-electron chi connectivity index (χ0n) is 18.6. The molecule has 1 fully saturated rings. The maximum absolute atomic E-state index is 13.4. The standard InChI is InChI=1S/C23H30N6O2/c1-16-13-17(2)15-18(14-16)27-11-12-28-19-20(24-22(27)28)25(3)23(31)29(21(19)30)10-9-26-7-5-4-6-8-26/h13-15H,4-12H2,1-3H3. The van der Waals surface area contributed by atoms with E-state index in [2.05, 4.69) is 41.8 Å². The highest BCUT2D eigenvalue weighted by atomic mass is 16.2. The lowest BCUT2D eigenvalue weighted by atomic mass is 10.1. The second-order valence-electron chi connectivity index (χ2n) is 8.93. The molecule has 0 radical (unpaired) electrons. The summed E-state index contributed by atoms with van der Waals surface area (Å²) in [5.41, 5.74) is 3.94. The van der Waals surface area contributed by atoms with E-state index in [0.717, 1.165) is 37.8 Å². The number of nitrogens with zero attached hydrogens (tertiary/aromatic N) is 6. The number of hydrogen-bond donors (Lipinski definition) is 0. The van der Waals surface area contributed by atoms with E-state index in [1.54, 1.807) is 7.05 Å². The summed E-state index contributed by atoms with van der Waals surface area (Å²) >= 11 is 0. The second-order valence-corrected chi connectivity index (χ2v) is 8.93. The molecule has 4 heterocycles. The van der Waals surface area contributed by atoms with Crippen molar-refractivity contribution >= 4 is 22.8 Å². The quantitative estimate of drug-likeness (QED) is 0.645. The van der Waals surface area contributed by atoms with Crippen LogP contribution in [0.4, 0.5) is 11.6 Å². The Bertz CT molecular complexity index is 1240. The highest BCUT2D eigenvalue weighted by Gasteiger charge is 2.29. The van der Waals surface area contributed by atoms with E-state index < -0.39 is 0 Å². The Hall–Kier alpha value is -2.87. The van der Waals surface area contributed by atoms with Gasteiger partial charge >= 0.3 is 5.69 Å². The first-order chi connectivity index (χ1) is 14.9. The van der Waals surface area contributed by atoms with E-state index in [1.807, 2.05) is 4.57 Å². The molecule has 2 aliphatic heterocycles. The molecular formula is C23H30N6O2. The third-order valence-corrected chi connectivity index (χ3v) is 6.61. The Labute approximate surface area is 181 Å². The number of benzene rings is 1. The Balaban J connectivity index is 1.56. The Morgan fingerprint density at radius 2 is 1.61 bits per heavy atom. The van der Waals surface area contributed by atoms with Gasteiger partial charge in [-0.05, 0) is 63.0 Å². The molecule has 164 valence electrons. The van der Waals surface area contributed by atoms with E-state index in [-0.39, 0.29) is 11.2 Å². The van der Waals surface area contributed by atoms with Crippen LogP contribution in [0.15, 0.2) is 27.8 Å². The van der Waals surface area contributed by atoms with Crippen LogP contribution in [-0.2, 0) is 20.1 Å². The van der Waals surface area contributed by atoms with Crippen molar-refractivity contribution in [2.75, 3.05) is 31.1 Å². The molecule has 8 nitrogen and oxygen atoms in total. The van der Waals surface area contributed by atoms with Gasteiger partial charge in [0.1, 0.15) is 0 Å². The van der Waals surface area contributed by atoms with Gasteiger partial charge in [-0.1, -0.05) is 12.5 Å². The van der Waals surface area contributed by atoms with E-state index in [1.165, 1.54) is 39.5 Å². The van der Waals surface area contributed by atoms with Crippen LogP contribution in [0, 0.1) is 13.8 Å². The summed E-state index contributed by atoms with van der Waals surface area (Å²) in [6.07, 6.45) is 3.65. The Morgan fingerprint density at radius 1 is 0.903 bits per heavy atom. The maximum Gasteiger partial charge on any atom is 0.332 e. The minimum Gasteiger partial charge on any atom is -0.310 e. The number of hydrogen-bond acceptors (Lipinski definition) is 5. The Kier molecular flexibility index (Phi) is 4.97. The molecule has 0 bridgehead atoms. The van der Waals surface area contributed by atoms with Gasteiger partial charge in [-0.3, -0.25) is 13.9 Å². The second kappa shape index (κ2) is 7.67. The van der Waals surface area contributed by atoms with Crippen LogP contribution < -0.4 is 16.1 Å². The van der Waals surface area contributed by atoms with Crippen LogP contribution >= 0.6 is 0 Å². The van der Waals surface area contributed by atoms with Crippen LogP contribution in [0.5, 0.6) is 0 Å². The van der Waals surface area contributed by atoms with Crippen molar-refractivity contribution in [2.24, 2.45) is 7.05 Å². The first-order valence-corrected chi connectivity index (χ1v) is 11.2. The molecule has 1 saturated heterocycles. The molecule has 2 aromatic heterocycles. The van der Waals surface area contributed by atoms with Crippen LogP contribution in [0.2, 0.25) is 0 Å². The summed E-state index contributed by atoms with van der Waals surface area (Å²) in [6.45, 7) is 8.85. The molecular weight excluding hydrogens is 392 g/mol. The van der Waals surface area contributed by atoms with Crippen molar-refractivity contribution < 1.29 is 0 Å². The van der Waals surface area contributed by atoms with Crippen molar-refractivity contribution in [3.8, 4) is 0 Å². The largest absolute Gasteiger partial charge is 0.332 e. The fraction of sp³-hybridized carbons (Fsp3) is 0.522. The topological polar surface area (TPSA) is 68.3 Å². The molecule has 3 aromatic rings. The van der Waals surface area contributed by atoms with Crippen molar-refractivity contribution in [3.63, 3.8) is 0 Å². The predicted molar refractivity (Wildman–Crippen MR) is 122 cm³/mol. The fourth-order valence-corrected chi connectivity index (χ4v) is 5.05. The fourth-order valence-electron chi connectivity index (χ4n) is 5.05. The van der Waals surface area contributed by atoms with Crippen LogP contribution in [0.3, 0.4) is 0 Å². The van der Waals surface area contributed by atoms with Gasteiger partial charge in [0.05, 0.1) is 0 Å². The van der Waals surface area contributed by atoms with Gasteiger partial charge in [0.2, 0.25) is 5.95 Å². The van der Waals surface area contributed by atoms with Crippen LogP contribution in [-0.4, -0.2) is 49.8 Å². The monoisotopic (exact) mass is 422 g/mol. The zero-order valence-corrected chi connectivity index (χ0v) is 18.6. The number of likely N-dealkylation sites (tertiary alicyclic amines) is 1. The molecule has 0 unspecified atom stereocenters. The van der Waals surface area contributed by atoms with Crippen molar-refractivity contribution in [2.45, 2.75) is 46.2 Å². The average Bonchev–Trinajstić information content (AvgIpc) is 3.31. The average molecular weight is 423 g/mol. The Morgan fingerprint density at radius 3 is 2.32 bits per heavy atom. The molecule has 0 spiro atoms. The third kappa shape index (κ3) is 3.39. The lowest BCUT2D eigenvalue weighted by Crippen LogP contribution is -2.43.